The first-order chi connectivity index (χ1) is 14.4. The lowest BCUT2D eigenvalue weighted by Gasteiger charge is -2.15. The fourth-order valence-corrected chi connectivity index (χ4v) is 3.83. The second kappa shape index (κ2) is 8.11. The molecule has 3 heterocycles. The highest BCUT2D eigenvalue weighted by Gasteiger charge is 2.19. The van der Waals surface area contributed by atoms with Crippen molar-refractivity contribution in [3.05, 3.63) is 48.8 Å². The summed E-state index contributed by atoms with van der Waals surface area (Å²) in [6, 6.07) is 10.0. The topological polar surface area (TPSA) is 120 Å². The first kappa shape index (κ1) is 19.8. The van der Waals surface area contributed by atoms with Gasteiger partial charge in [0.1, 0.15) is 5.75 Å². The highest BCUT2D eigenvalue weighted by atomic mass is 32.2. The maximum absolute atomic E-state index is 12.3. The molecule has 0 saturated carbocycles. The maximum atomic E-state index is 12.3. The molecule has 30 heavy (non-hydrogen) atoms. The number of benzene rings is 1. The molecule has 0 spiro atoms. The molecule has 0 bridgehead atoms. The summed E-state index contributed by atoms with van der Waals surface area (Å²) < 4.78 is 44.8. The van der Waals surface area contributed by atoms with Crippen LogP contribution in [0.25, 0.3) is 5.52 Å². The van der Waals surface area contributed by atoms with Crippen LogP contribution in [-0.2, 0) is 14.8 Å². The van der Waals surface area contributed by atoms with Gasteiger partial charge in [0.2, 0.25) is 16.8 Å². The lowest BCUT2D eigenvalue weighted by atomic mass is 10.3. The average Bonchev–Trinajstić information content (AvgIpc) is 3.35. The molecule has 0 saturated heterocycles. The molecule has 0 aliphatic carbocycles. The largest absolute Gasteiger partial charge is 0.481 e. The second-order valence-corrected chi connectivity index (χ2v) is 8.45. The van der Waals surface area contributed by atoms with E-state index in [1.807, 2.05) is 0 Å². The van der Waals surface area contributed by atoms with E-state index >= 15 is 0 Å². The molecule has 3 aromatic rings. The van der Waals surface area contributed by atoms with Gasteiger partial charge in [-0.25, -0.2) is 12.9 Å². The minimum absolute atomic E-state index is 0.0576. The highest BCUT2D eigenvalue weighted by molar-refractivity contribution is 7.92. The van der Waals surface area contributed by atoms with Gasteiger partial charge >= 0.3 is 0 Å². The summed E-state index contributed by atoms with van der Waals surface area (Å²) in [5.41, 5.74) is 1.19. The summed E-state index contributed by atoms with van der Waals surface area (Å²) in [7, 11) is -3.64. The molecule has 0 radical (unpaired) electrons. The van der Waals surface area contributed by atoms with Gasteiger partial charge in [0.05, 0.1) is 17.0 Å². The van der Waals surface area contributed by atoms with Crippen LogP contribution in [0.3, 0.4) is 0 Å². The van der Waals surface area contributed by atoms with Crippen molar-refractivity contribution in [2.75, 3.05) is 23.8 Å². The van der Waals surface area contributed by atoms with Crippen LogP contribution in [0.4, 0.5) is 5.69 Å². The molecule has 1 amide bonds. The Morgan fingerprint density at radius 2 is 2.07 bits per heavy atom. The van der Waals surface area contributed by atoms with E-state index in [9.17, 15) is 13.2 Å². The number of carbonyl (C=O) groups is 1. The van der Waals surface area contributed by atoms with Crippen LogP contribution in [0.5, 0.6) is 17.2 Å². The quantitative estimate of drug-likeness (QED) is 0.552. The van der Waals surface area contributed by atoms with Crippen LogP contribution in [-0.4, -0.2) is 49.1 Å². The first-order valence-electron chi connectivity index (χ1n) is 9.17. The van der Waals surface area contributed by atoms with Crippen LogP contribution in [0.2, 0.25) is 0 Å². The molecular weight excluding hydrogens is 412 g/mol. The van der Waals surface area contributed by atoms with Crippen molar-refractivity contribution in [3.63, 3.8) is 0 Å². The number of rotatable bonds is 8. The number of sulfonamides is 1. The molecule has 2 aromatic heterocycles. The van der Waals surface area contributed by atoms with E-state index in [-0.39, 0.29) is 19.1 Å². The molecule has 4 rings (SSSR count). The van der Waals surface area contributed by atoms with E-state index in [1.165, 1.54) is 0 Å². The summed E-state index contributed by atoms with van der Waals surface area (Å²) >= 11 is 0. The fourth-order valence-electron chi connectivity index (χ4n) is 2.88. The van der Waals surface area contributed by atoms with Gasteiger partial charge in [-0.15, -0.1) is 0 Å². The third-order valence-corrected chi connectivity index (χ3v) is 5.66. The third-order valence-electron chi connectivity index (χ3n) is 4.37. The van der Waals surface area contributed by atoms with Crippen LogP contribution in [0.15, 0.2) is 48.8 Å². The van der Waals surface area contributed by atoms with Gasteiger partial charge in [-0.3, -0.25) is 9.52 Å². The van der Waals surface area contributed by atoms with Gasteiger partial charge < -0.3 is 19.5 Å². The molecular formula is C19H20N4O6S. The predicted molar refractivity (Wildman–Crippen MR) is 108 cm³/mol. The number of nitrogens with one attached hydrogen (secondary N) is 2. The van der Waals surface area contributed by atoms with Crippen LogP contribution in [0.1, 0.15) is 6.92 Å². The number of amides is 1. The fraction of sp³-hybridized carbons (Fsp3) is 0.263. The first-order valence-corrected chi connectivity index (χ1v) is 10.8. The molecule has 11 heteroatoms. The van der Waals surface area contributed by atoms with E-state index in [0.717, 1.165) is 5.52 Å². The number of nitrogens with zero attached hydrogens (tertiary/aromatic N) is 2. The van der Waals surface area contributed by atoms with Crippen molar-refractivity contribution in [3.8, 4) is 17.2 Å². The molecule has 1 aromatic carbocycles. The van der Waals surface area contributed by atoms with Crippen molar-refractivity contribution in [2.24, 2.45) is 0 Å². The molecule has 1 aliphatic rings. The second-order valence-electron chi connectivity index (χ2n) is 6.60. The molecule has 1 unspecified atom stereocenters. The summed E-state index contributed by atoms with van der Waals surface area (Å²) in [6.45, 7) is 1.67. The van der Waals surface area contributed by atoms with Crippen molar-refractivity contribution in [1.29, 1.82) is 0 Å². The predicted octanol–water partition coefficient (Wildman–Crippen LogP) is 1.39. The lowest BCUT2D eigenvalue weighted by molar-refractivity contribution is -0.127. The number of hydrogen-bond donors (Lipinski definition) is 2. The number of ether oxygens (including phenoxy) is 3. The zero-order valence-electron chi connectivity index (χ0n) is 16.1. The SMILES string of the molecule is CC(Oc1ccc2c(c1)OCO2)C(=O)NCCS(=O)(=O)Nc1ccn2nccc2c1. The number of carbonyl (C=O) groups excluding carboxylic acids is 1. The Hall–Kier alpha value is -3.47. The molecule has 0 fully saturated rings. The van der Waals surface area contributed by atoms with Gasteiger partial charge in [-0.05, 0) is 37.3 Å². The molecule has 1 atom stereocenters. The average molecular weight is 432 g/mol. The molecule has 2 N–H and O–H groups in total. The van der Waals surface area contributed by atoms with Crippen LogP contribution >= 0.6 is 0 Å². The monoisotopic (exact) mass is 432 g/mol. The molecule has 1 aliphatic heterocycles. The Labute approximate surface area is 172 Å². The van der Waals surface area contributed by atoms with Gasteiger partial charge in [-0.2, -0.15) is 5.10 Å². The zero-order chi connectivity index (χ0) is 21.1. The van der Waals surface area contributed by atoms with E-state index in [2.05, 4.69) is 15.1 Å². The zero-order valence-corrected chi connectivity index (χ0v) is 16.9. The number of pyridine rings is 1. The lowest BCUT2D eigenvalue weighted by Crippen LogP contribution is -2.39. The Morgan fingerprint density at radius 3 is 2.93 bits per heavy atom. The van der Waals surface area contributed by atoms with Gasteiger partial charge in [-0.1, -0.05) is 0 Å². The van der Waals surface area contributed by atoms with E-state index in [4.69, 9.17) is 14.2 Å². The minimum Gasteiger partial charge on any atom is -0.481 e. The smallest absolute Gasteiger partial charge is 0.260 e. The summed E-state index contributed by atoms with van der Waals surface area (Å²) in [5.74, 6) is 0.908. The van der Waals surface area contributed by atoms with Gasteiger partial charge in [0, 0.05) is 25.0 Å². The van der Waals surface area contributed by atoms with Crippen LogP contribution < -0.4 is 24.2 Å². The Bertz CT molecular complexity index is 1180. The number of anilines is 1. The molecule has 158 valence electrons. The van der Waals surface area contributed by atoms with Crippen molar-refractivity contribution < 1.29 is 27.4 Å². The normalized spacial score (nSPS) is 13.8. The van der Waals surface area contributed by atoms with E-state index in [0.29, 0.717) is 22.9 Å². The number of hydrogen-bond acceptors (Lipinski definition) is 7. The third kappa shape index (κ3) is 4.57. The highest BCUT2D eigenvalue weighted by Crippen LogP contribution is 2.35. The Morgan fingerprint density at radius 1 is 1.23 bits per heavy atom. The van der Waals surface area contributed by atoms with E-state index < -0.39 is 22.0 Å². The molecule has 10 nitrogen and oxygen atoms in total. The summed E-state index contributed by atoms with van der Waals surface area (Å²) in [6.07, 6.45) is 2.46. The Balaban J connectivity index is 1.26. The maximum Gasteiger partial charge on any atom is 0.260 e. The summed E-state index contributed by atoms with van der Waals surface area (Å²) in [5, 5.41) is 6.62. The Kier molecular flexibility index (Phi) is 5.36. The van der Waals surface area contributed by atoms with Crippen molar-refractivity contribution in [1.82, 2.24) is 14.9 Å². The minimum atomic E-state index is -3.64. The van der Waals surface area contributed by atoms with Crippen molar-refractivity contribution >= 4 is 27.1 Å². The standard InChI is InChI=1S/C19H20N4O6S/c1-13(29-16-2-3-17-18(11-16)28-12-27-17)19(24)20-7-9-30(25,26)22-14-5-8-23-15(10-14)4-6-21-23/h2-6,8,10-11,13,22H,7,9,12H2,1H3,(H,20,24). The number of fused-ring (bicyclic) bond motifs is 2. The van der Waals surface area contributed by atoms with Gasteiger partial charge in [0.15, 0.2) is 17.6 Å². The van der Waals surface area contributed by atoms with E-state index in [1.54, 1.807) is 60.2 Å². The van der Waals surface area contributed by atoms with Gasteiger partial charge in [0.25, 0.3) is 5.91 Å². The van der Waals surface area contributed by atoms with Crippen molar-refractivity contribution in [2.45, 2.75) is 13.0 Å². The number of aromatic nitrogens is 2. The van der Waals surface area contributed by atoms with Crippen LogP contribution in [0, 0.1) is 0 Å². The summed E-state index contributed by atoms with van der Waals surface area (Å²) in [4.78, 5) is 12.2.